The molecule has 0 saturated heterocycles. The molecule has 0 fully saturated rings. The van der Waals surface area contributed by atoms with Crippen molar-refractivity contribution >= 4 is 30.1 Å². The molecule has 2 nitrogen and oxygen atoms in total. The van der Waals surface area contributed by atoms with E-state index in [0.717, 1.165) is 12.2 Å². The molecule has 1 aromatic heterocycles. The van der Waals surface area contributed by atoms with Crippen molar-refractivity contribution < 1.29 is 4.42 Å². The predicted molar refractivity (Wildman–Crippen MR) is 88.1 cm³/mol. The number of allylic oxidation sites excluding steroid dienone is 3. The van der Waals surface area contributed by atoms with Crippen LogP contribution in [0.25, 0.3) is 6.08 Å². The van der Waals surface area contributed by atoms with Crippen molar-refractivity contribution in [1.82, 2.24) is 4.98 Å². The Morgan fingerprint density at radius 2 is 2.06 bits per heavy atom. The third-order valence-electron chi connectivity index (χ3n) is 2.75. The van der Waals surface area contributed by atoms with Crippen LogP contribution in [0.3, 0.4) is 0 Å². The Bertz CT molecular complexity index is 366. The number of oxazole rings is 1. The van der Waals surface area contributed by atoms with E-state index in [1.165, 1.54) is 43.2 Å². The number of nitrogens with zero attached hydrogens (tertiary/aromatic N) is 1. The van der Waals surface area contributed by atoms with E-state index in [9.17, 15) is 0 Å². The van der Waals surface area contributed by atoms with E-state index in [1.54, 1.807) is 6.20 Å². The van der Waals surface area contributed by atoms with E-state index in [0.29, 0.717) is 0 Å². The van der Waals surface area contributed by atoms with Crippen LogP contribution >= 0.6 is 24.0 Å². The summed E-state index contributed by atoms with van der Waals surface area (Å²) < 4.78 is 5.18. The molecule has 0 spiro atoms. The normalized spacial score (nSPS) is 12.4. The minimum atomic E-state index is 0. The van der Waals surface area contributed by atoms with Crippen LogP contribution in [-0.4, -0.2) is 4.98 Å². The molecule has 18 heavy (non-hydrogen) atoms. The summed E-state index contributed by atoms with van der Waals surface area (Å²) in [6, 6.07) is 0. The Balaban J connectivity index is 0.00000289. The molecule has 1 rings (SSSR count). The van der Waals surface area contributed by atoms with E-state index in [1.807, 2.05) is 0 Å². The molecule has 0 unspecified atom stereocenters. The van der Waals surface area contributed by atoms with Crippen LogP contribution in [0.1, 0.15) is 58.6 Å². The lowest BCUT2D eigenvalue weighted by Crippen LogP contribution is -1.80. The van der Waals surface area contributed by atoms with E-state index < -0.39 is 0 Å². The molecule has 102 valence electrons. The third kappa shape index (κ3) is 7.69. The quantitative estimate of drug-likeness (QED) is 0.358. The number of hydrogen-bond acceptors (Lipinski definition) is 2. The molecule has 1 aromatic rings. The van der Waals surface area contributed by atoms with E-state index in [2.05, 4.69) is 37.9 Å². The zero-order valence-electron chi connectivity index (χ0n) is 11.6. The monoisotopic (exact) mass is 361 g/mol. The summed E-state index contributed by atoms with van der Waals surface area (Å²) in [7, 11) is 0. The second-order valence-electron chi connectivity index (χ2n) is 4.59. The molecule has 1 heterocycles. The minimum Gasteiger partial charge on any atom is -0.444 e. The molecular weight excluding hydrogens is 337 g/mol. The summed E-state index contributed by atoms with van der Waals surface area (Å²) in [5, 5.41) is 0. The zero-order valence-corrected chi connectivity index (χ0v) is 13.9. The number of aromatic nitrogens is 1. The van der Waals surface area contributed by atoms with Crippen LogP contribution in [0.2, 0.25) is 0 Å². The highest BCUT2D eigenvalue weighted by Crippen LogP contribution is 2.13. The molecule has 0 aliphatic rings. The van der Waals surface area contributed by atoms with Crippen LogP contribution in [0.4, 0.5) is 0 Å². The third-order valence-corrected chi connectivity index (χ3v) is 2.75. The Morgan fingerprint density at radius 1 is 1.28 bits per heavy atom. The van der Waals surface area contributed by atoms with Crippen molar-refractivity contribution in [3.05, 3.63) is 35.6 Å². The molecule has 0 bridgehead atoms. The zero-order chi connectivity index (χ0) is 12.5. The van der Waals surface area contributed by atoms with Crippen molar-refractivity contribution in [3.8, 4) is 0 Å². The molecule has 0 radical (unpaired) electrons. The number of rotatable bonds is 7. The van der Waals surface area contributed by atoms with E-state index >= 15 is 0 Å². The molecule has 0 aliphatic heterocycles. The molecule has 0 aliphatic carbocycles. The topological polar surface area (TPSA) is 26.0 Å². The van der Waals surface area contributed by atoms with Crippen molar-refractivity contribution in [1.29, 1.82) is 0 Å². The van der Waals surface area contributed by atoms with Crippen molar-refractivity contribution in [3.63, 3.8) is 0 Å². The first-order chi connectivity index (χ1) is 8.22. The van der Waals surface area contributed by atoms with Crippen LogP contribution in [0.5, 0.6) is 0 Å². The first-order valence-corrected chi connectivity index (χ1v) is 6.43. The highest BCUT2D eigenvalue weighted by Gasteiger charge is 1.95. The summed E-state index contributed by atoms with van der Waals surface area (Å²) >= 11 is 0. The van der Waals surface area contributed by atoms with Crippen LogP contribution < -0.4 is 0 Å². The second-order valence-corrected chi connectivity index (χ2v) is 4.59. The van der Waals surface area contributed by atoms with Gasteiger partial charge in [0.15, 0.2) is 6.39 Å². The molecule has 0 N–H and O–H groups in total. The molecule has 0 aromatic carbocycles. The summed E-state index contributed by atoms with van der Waals surface area (Å²) in [5.41, 5.74) is 2.87. The summed E-state index contributed by atoms with van der Waals surface area (Å²) in [5.74, 6) is 0.847. The van der Waals surface area contributed by atoms with Gasteiger partial charge in [0.05, 0.1) is 6.20 Å². The van der Waals surface area contributed by atoms with Gasteiger partial charge in [-0.15, -0.1) is 24.0 Å². The highest BCUT2D eigenvalue weighted by atomic mass is 127. The SMILES string of the molecule is CCC/C(C)=C/CCC/C(C)=C/c1cnco1.I. The highest BCUT2D eigenvalue weighted by molar-refractivity contribution is 14.0. The van der Waals surface area contributed by atoms with Gasteiger partial charge in [0.2, 0.25) is 0 Å². The largest absolute Gasteiger partial charge is 0.444 e. The maximum Gasteiger partial charge on any atom is 0.181 e. The summed E-state index contributed by atoms with van der Waals surface area (Å²) in [6.07, 6.45) is 13.6. The lowest BCUT2D eigenvalue weighted by atomic mass is 10.1. The average Bonchev–Trinajstić information content (AvgIpc) is 2.77. The molecule has 3 heteroatoms. The molecular formula is C15H24INO. The fraction of sp³-hybridized carbons (Fsp3) is 0.533. The lowest BCUT2D eigenvalue weighted by Gasteiger charge is -2.00. The predicted octanol–water partition coefficient (Wildman–Crippen LogP) is 5.61. The molecule has 0 saturated carbocycles. The first kappa shape index (κ1) is 17.4. The van der Waals surface area contributed by atoms with Crippen LogP contribution in [-0.2, 0) is 0 Å². The van der Waals surface area contributed by atoms with Gasteiger partial charge in [0, 0.05) is 0 Å². The average molecular weight is 361 g/mol. The number of halogens is 1. The Hall–Kier alpha value is -0.580. The Morgan fingerprint density at radius 3 is 2.67 bits per heavy atom. The van der Waals surface area contributed by atoms with Gasteiger partial charge in [0.1, 0.15) is 5.76 Å². The maximum atomic E-state index is 5.18. The van der Waals surface area contributed by atoms with Gasteiger partial charge >= 0.3 is 0 Å². The van der Waals surface area contributed by atoms with E-state index in [-0.39, 0.29) is 24.0 Å². The van der Waals surface area contributed by atoms with Gasteiger partial charge in [-0.25, -0.2) is 4.98 Å². The minimum absolute atomic E-state index is 0. The van der Waals surface area contributed by atoms with Crippen molar-refractivity contribution in [2.75, 3.05) is 0 Å². The van der Waals surface area contributed by atoms with Crippen molar-refractivity contribution in [2.45, 2.75) is 52.9 Å². The van der Waals surface area contributed by atoms with Crippen molar-refractivity contribution in [2.24, 2.45) is 0 Å². The molecule has 0 atom stereocenters. The standard InChI is InChI=1S/C15H23NO.HI/c1-4-7-13(2)8-5-6-9-14(3)10-15-11-16-12-17-15;/h8,10-12H,4-7,9H2,1-3H3;1H/b13-8+,14-10+;. The lowest BCUT2D eigenvalue weighted by molar-refractivity contribution is 0.547. The van der Waals surface area contributed by atoms with E-state index in [4.69, 9.17) is 4.42 Å². The molecule has 0 amide bonds. The Labute approximate surface area is 128 Å². The van der Waals surface area contributed by atoms with Crippen LogP contribution in [0, 0.1) is 0 Å². The smallest absolute Gasteiger partial charge is 0.181 e. The Kier molecular flexibility index (Phi) is 10.0. The van der Waals surface area contributed by atoms with Gasteiger partial charge in [-0.2, -0.15) is 0 Å². The maximum absolute atomic E-state index is 5.18. The van der Waals surface area contributed by atoms with Gasteiger partial charge in [0.25, 0.3) is 0 Å². The van der Waals surface area contributed by atoms with Gasteiger partial charge in [-0.05, 0) is 45.6 Å². The number of unbranched alkanes of at least 4 members (excludes halogenated alkanes) is 1. The summed E-state index contributed by atoms with van der Waals surface area (Å²) in [6.45, 7) is 6.59. The van der Waals surface area contributed by atoms with Gasteiger partial charge < -0.3 is 4.42 Å². The van der Waals surface area contributed by atoms with Gasteiger partial charge in [-0.1, -0.05) is 30.6 Å². The fourth-order valence-corrected chi connectivity index (χ4v) is 1.84. The van der Waals surface area contributed by atoms with Gasteiger partial charge in [-0.3, -0.25) is 0 Å². The second kappa shape index (κ2) is 10.4. The van der Waals surface area contributed by atoms with Crippen LogP contribution in [0.15, 0.2) is 34.2 Å². The fourth-order valence-electron chi connectivity index (χ4n) is 1.84. The summed E-state index contributed by atoms with van der Waals surface area (Å²) in [4.78, 5) is 3.89. The first-order valence-electron chi connectivity index (χ1n) is 6.43. The number of hydrogen-bond donors (Lipinski definition) is 0.